The van der Waals surface area contributed by atoms with Gasteiger partial charge in [-0.2, -0.15) is 0 Å². The third-order valence-corrected chi connectivity index (χ3v) is 3.37. The van der Waals surface area contributed by atoms with Gasteiger partial charge in [-0.25, -0.2) is 0 Å². The lowest BCUT2D eigenvalue weighted by Gasteiger charge is -2.05. The highest BCUT2D eigenvalue weighted by Crippen LogP contribution is 2.12. The van der Waals surface area contributed by atoms with Gasteiger partial charge in [-0.1, -0.05) is 51.9 Å². The highest BCUT2D eigenvalue weighted by Gasteiger charge is 1.99. The predicted molar refractivity (Wildman–Crippen MR) is 80.2 cm³/mol. The van der Waals surface area contributed by atoms with E-state index < -0.39 is 0 Å². The Kier molecular flexibility index (Phi) is 9.07. The minimum atomic E-state index is 0.283. The van der Waals surface area contributed by atoms with Crippen LogP contribution < -0.4 is 5.32 Å². The molecule has 0 saturated heterocycles. The van der Waals surface area contributed by atoms with Crippen molar-refractivity contribution in [3.63, 3.8) is 0 Å². The summed E-state index contributed by atoms with van der Waals surface area (Å²) < 4.78 is 0. The molecule has 3 nitrogen and oxygen atoms in total. The van der Waals surface area contributed by atoms with Crippen molar-refractivity contribution in [3.8, 4) is 5.75 Å². The van der Waals surface area contributed by atoms with Gasteiger partial charge < -0.3 is 10.4 Å². The predicted octanol–water partition coefficient (Wildman–Crippen LogP) is 4.02. The van der Waals surface area contributed by atoms with Gasteiger partial charge in [0.2, 0.25) is 0 Å². The van der Waals surface area contributed by atoms with Crippen molar-refractivity contribution in [1.29, 1.82) is 0 Å². The van der Waals surface area contributed by atoms with Gasteiger partial charge >= 0.3 is 0 Å². The molecule has 0 fully saturated rings. The average Bonchev–Trinajstić information content (AvgIpc) is 2.43. The van der Waals surface area contributed by atoms with E-state index in [0.29, 0.717) is 6.54 Å². The van der Waals surface area contributed by atoms with E-state index in [0.717, 1.165) is 12.2 Å². The molecule has 0 spiro atoms. The van der Waals surface area contributed by atoms with E-state index in [9.17, 15) is 5.11 Å². The molecule has 0 radical (unpaired) electrons. The van der Waals surface area contributed by atoms with Gasteiger partial charge in [0, 0.05) is 12.7 Å². The Labute approximate surface area is 117 Å². The van der Waals surface area contributed by atoms with E-state index in [2.05, 4.69) is 17.2 Å². The van der Waals surface area contributed by atoms with E-state index in [-0.39, 0.29) is 5.75 Å². The van der Waals surface area contributed by atoms with Crippen LogP contribution in [0.25, 0.3) is 0 Å². The summed E-state index contributed by atoms with van der Waals surface area (Å²) in [4.78, 5) is 4.14. The second kappa shape index (κ2) is 10.8. The summed E-state index contributed by atoms with van der Waals surface area (Å²) in [6.45, 7) is 3.92. The fourth-order valence-corrected chi connectivity index (χ4v) is 2.16. The fraction of sp³-hybridized carbons (Fsp3) is 0.688. The lowest BCUT2D eigenvalue weighted by Crippen LogP contribution is -2.15. The maximum Gasteiger partial charge on any atom is 0.138 e. The number of pyridine rings is 1. The number of nitrogens with one attached hydrogen (secondary N) is 1. The van der Waals surface area contributed by atoms with Crippen LogP contribution in [0.3, 0.4) is 0 Å². The number of hydrogen-bond donors (Lipinski definition) is 2. The van der Waals surface area contributed by atoms with E-state index in [1.165, 1.54) is 51.4 Å². The largest absolute Gasteiger partial charge is 0.506 e. The first-order valence-corrected chi connectivity index (χ1v) is 7.68. The maximum absolute atomic E-state index is 9.55. The van der Waals surface area contributed by atoms with Crippen LogP contribution in [0.1, 0.15) is 64.0 Å². The number of aromatic hydroxyl groups is 1. The van der Waals surface area contributed by atoms with Crippen LogP contribution >= 0.6 is 0 Å². The summed E-state index contributed by atoms with van der Waals surface area (Å²) in [7, 11) is 0. The second-order valence-electron chi connectivity index (χ2n) is 5.12. The molecule has 1 rings (SSSR count). The standard InChI is InChI=1S/C16H28N2O/c1-2-3-4-5-6-7-8-9-12-17-14-15-16(19)11-10-13-18-15/h10-11,13,17,19H,2-9,12,14H2,1H3. The van der Waals surface area contributed by atoms with Crippen LogP contribution in [0.4, 0.5) is 0 Å². The Bertz CT molecular complexity index is 328. The molecule has 0 aromatic carbocycles. The van der Waals surface area contributed by atoms with Gasteiger partial charge in [-0.05, 0) is 25.1 Å². The molecule has 0 atom stereocenters. The normalized spacial score (nSPS) is 10.8. The Balaban J connectivity index is 1.90. The first kappa shape index (κ1) is 16.0. The number of unbranched alkanes of at least 4 members (excludes halogenated alkanes) is 7. The van der Waals surface area contributed by atoms with Gasteiger partial charge in [0.15, 0.2) is 0 Å². The van der Waals surface area contributed by atoms with Gasteiger partial charge in [0.1, 0.15) is 5.75 Å². The van der Waals surface area contributed by atoms with E-state index in [4.69, 9.17) is 0 Å². The number of hydrogen-bond acceptors (Lipinski definition) is 3. The Hall–Kier alpha value is -1.09. The van der Waals surface area contributed by atoms with Crippen LogP contribution in [-0.4, -0.2) is 16.6 Å². The second-order valence-corrected chi connectivity index (χ2v) is 5.12. The zero-order valence-electron chi connectivity index (χ0n) is 12.2. The average molecular weight is 264 g/mol. The molecule has 3 heteroatoms. The number of rotatable bonds is 11. The molecule has 19 heavy (non-hydrogen) atoms. The highest BCUT2D eigenvalue weighted by atomic mass is 16.3. The van der Waals surface area contributed by atoms with Crippen molar-refractivity contribution in [2.45, 2.75) is 64.8 Å². The lowest BCUT2D eigenvalue weighted by molar-refractivity contribution is 0.458. The molecule has 0 unspecified atom stereocenters. The first-order chi connectivity index (χ1) is 9.34. The molecule has 1 aromatic rings. The van der Waals surface area contributed by atoms with Crippen LogP contribution in [0, 0.1) is 0 Å². The molecule has 1 aromatic heterocycles. The van der Waals surface area contributed by atoms with Gasteiger partial charge in [-0.15, -0.1) is 0 Å². The topological polar surface area (TPSA) is 45.2 Å². The SMILES string of the molecule is CCCCCCCCCCNCc1ncccc1O. The summed E-state index contributed by atoms with van der Waals surface area (Å²) in [6.07, 6.45) is 12.4. The van der Waals surface area contributed by atoms with E-state index in [1.807, 2.05) is 0 Å². The van der Waals surface area contributed by atoms with Crippen LogP contribution in [0.5, 0.6) is 5.75 Å². The van der Waals surface area contributed by atoms with Crippen molar-refractivity contribution in [1.82, 2.24) is 10.3 Å². The molecular weight excluding hydrogens is 236 g/mol. The van der Waals surface area contributed by atoms with Crippen molar-refractivity contribution < 1.29 is 5.11 Å². The van der Waals surface area contributed by atoms with Crippen LogP contribution in [0.15, 0.2) is 18.3 Å². The van der Waals surface area contributed by atoms with Crippen molar-refractivity contribution in [2.24, 2.45) is 0 Å². The zero-order chi connectivity index (χ0) is 13.8. The molecule has 0 bridgehead atoms. The summed E-state index contributed by atoms with van der Waals surface area (Å²) in [6, 6.07) is 3.43. The molecule has 108 valence electrons. The third-order valence-electron chi connectivity index (χ3n) is 3.37. The number of nitrogens with zero attached hydrogens (tertiary/aromatic N) is 1. The molecule has 0 aliphatic rings. The smallest absolute Gasteiger partial charge is 0.138 e. The highest BCUT2D eigenvalue weighted by molar-refractivity contribution is 5.24. The molecular formula is C16H28N2O. The lowest BCUT2D eigenvalue weighted by atomic mass is 10.1. The Morgan fingerprint density at radius 3 is 2.42 bits per heavy atom. The minimum Gasteiger partial charge on any atom is -0.506 e. The van der Waals surface area contributed by atoms with Crippen molar-refractivity contribution in [3.05, 3.63) is 24.0 Å². The summed E-state index contributed by atoms with van der Waals surface area (Å²) >= 11 is 0. The Morgan fingerprint density at radius 1 is 1.05 bits per heavy atom. The fourth-order valence-electron chi connectivity index (χ4n) is 2.16. The van der Waals surface area contributed by atoms with Crippen LogP contribution in [0.2, 0.25) is 0 Å². The van der Waals surface area contributed by atoms with Gasteiger partial charge in [-0.3, -0.25) is 4.98 Å². The van der Waals surface area contributed by atoms with E-state index >= 15 is 0 Å². The molecule has 0 saturated carbocycles. The molecule has 0 amide bonds. The molecule has 0 aliphatic heterocycles. The van der Waals surface area contributed by atoms with E-state index in [1.54, 1.807) is 18.3 Å². The third kappa shape index (κ3) is 7.83. The first-order valence-electron chi connectivity index (χ1n) is 7.68. The summed E-state index contributed by atoms with van der Waals surface area (Å²) in [5, 5.41) is 12.9. The van der Waals surface area contributed by atoms with Crippen molar-refractivity contribution >= 4 is 0 Å². The quantitative estimate of drug-likeness (QED) is 0.593. The number of aromatic nitrogens is 1. The summed E-state index contributed by atoms with van der Waals surface area (Å²) in [5.41, 5.74) is 0.738. The molecule has 2 N–H and O–H groups in total. The van der Waals surface area contributed by atoms with Crippen LogP contribution in [-0.2, 0) is 6.54 Å². The Morgan fingerprint density at radius 2 is 1.74 bits per heavy atom. The monoisotopic (exact) mass is 264 g/mol. The van der Waals surface area contributed by atoms with Gasteiger partial charge in [0.25, 0.3) is 0 Å². The minimum absolute atomic E-state index is 0.283. The summed E-state index contributed by atoms with van der Waals surface area (Å²) in [5.74, 6) is 0.283. The zero-order valence-corrected chi connectivity index (χ0v) is 12.2. The molecule has 0 aliphatic carbocycles. The van der Waals surface area contributed by atoms with Crippen molar-refractivity contribution in [2.75, 3.05) is 6.54 Å². The molecule has 1 heterocycles. The van der Waals surface area contributed by atoms with Gasteiger partial charge in [0.05, 0.1) is 5.69 Å². The maximum atomic E-state index is 9.55.